The second-order valence-corrected chi connectivity index (χ2v) is 6.37. The Labute approximate surface area is 150 Å². The molecule has 6 nitrogen and oxygen atoms in total. The van der Waals surface area contributed by atoms with E-state index in [4.69, 9.17) is 17.2 Å². The third-order valence-corrected chi connectivity index (χ3v) is 4.04. The van der Waals surface area contributed by atoms with E-state index in [0.717, 1.165) is 28.9 Å². The van der Waals surface area contributed by atoms with Gasteiger partial charge in [-0.3, -0.25) is 4.79 Å². The summed E-state index contributed by atoms with van der Waals surface area (Å²) in [5.41, 5.74) is 21.3. The summed E-state index contributed by atoms with van der Waals surface area (Å²) in [5.74, 6) is 0.193. The van der Waals surface area contributed by atoms with Gasteiger partial charge in [0.2, 0.25) is 5.91 Å². The number of primary amides is 1. The fraction of sp³-hybridized carbons (Fsp3) is 0.421. The molecule has 0 saturated heterocycles. The average molecular weight is 345 g/mol. The van der Waals surface area contributed by atoms with Crippen LogP contribution >= 0.6 is 0 Å². The Hall–Kier alpha value is -2.47. The first kappa shape index (κ1) is 20.6. The monoisotopic (exact) mass is 345 g/mol. The number of benzene rings is 1. The summed E-state index contributed by atoms with van der Waals surface area (Å²) in [6.45, 7) is 9.13. The summed E-state index contributed by atoms with van der Waals surface area (Å²) < 4.78 is 0. The van der Waals surface area contributed by atoms with Crippen LogP contribution in [0.15, 0.2) is 30.1 Å². The van der Waals surface area contributed by atoms with E-state index in [0.29, 0.717) is 11.4 Å². The Morgan fingerprint density at radius 2 is 1.92 bits per heavy atom. The van der Waals surface area contributed by atoms with Crippen molar-refractivity contribution in [2.24, 2.45) is 17.2 Å². The van der Waals surface area contributed by atoms with Crippen molar-refractivity contribution in [3.8, 4) is 0 Å². The minimum absolute atomic E-state index is 0.208. The van der Waals surface area contributed by atoms with Crippen molar-refractivity contribution in [2.45, 2.75) is 40.3 Å². The van der Waals surface area contributed by atoms with Gasteiger partial charge in [0.05, 0.1) is 5.82 Å². The van der Waals surface area contributed by atoms with E-state index in [1.165, 1.54) is 0 Å². The van der Waals surface area contributed by atoms with Crippen molar-refractivity contribution < 1.29 is 4.79 Å². The van der Waals surface area contributed by atoms with Crippen LogP contribution < -0.4 is 22.5 Å². The molecule has 0 aliphatic heterocycles. The number of anilines is 1. The van der Waals surface area contributed by atoms with Gasteiger partial charge in [-0.1, -0.05) is 6.08 Å². The van der Waals surface area contributed by atoms with Crippen LogP contribution in [-0.4, -0.2) is 30.4 Å². The zero-order chi connectivity index (χ0) is 19.1. The van der Waals surface area contributed by atoms with Crippen molar-refractivity contribution in [2.75, 3.05) is 18.9 Å². The number of rotatable bonds is 8. The number of amides is 1. The van der Waals surface area contributed by atoms with E-state index in [-0.39, 0.29) is 12.6 Å². The highest BCUT2D eigenvalue weighted by atomic mass is 16.1. The maximum Gasteiger partial charge on any atom is 0.249 e. The van der Waals surface area contributed by atoms with Gasteiger partial charge in [0.25, 0.3) is 0 Å². The van der Waals surface area contributed by atoms with Crippen LogP contribution in [0.3, 0.4) is 0 Å². The summed E-state index contributed by atoms with van der Waals surface area (Å²) in [6, 6.07) is 3.99. The molecule has 1 aromatic rings. The molecule has 0 bridgehead atoms. The predicted molar refractivity (Wildman–Crippen MR) is 106 cm³/mol. The van der Waals surface area contributed by atoms with E-state index in [1.54, 1.807) is 6.07 Å². The summed E-state index contributed by atoms with van der Waals surface area (Å²) in [4.78, 5) is 13.8. The zero-order valence-corrected chi connectivity index (χ0v) is 15.9. The van der Waals surface area contributed by atoms with E-state index in [9.17, 15) is 4.79 Å². The minimum Gasteiger partial charge on any atom is -0.385 e. The first-order valence-electron chi connectivity index (χ1n) is 8.50. The van der Waals surface area contributed by atoms with Crippen molar-refractivity contribution in [1.29, 1.82) is 0 Å². The van der Waals surface area contributed by atoms with Crippen LogP contribution in [0.5, 0.6) is 0 Å². The van der Waals surface area contributed by atoms with Crippen LogP contribution in [0.25, 0.3) is 5.57 Å². The highest BCUT2D eigenvalue weighted by molar-refractivity contribution is 5.97. The molecule has 138 valence electrons. The predicted octanol–water partition coefficient (Wildman–Crippen LogP) is 2.22. The van der Waals surface area contributed by atoms with Gasteiger partial charge in [-0.2, -0.15) is 0 Å². The Kier molecular flexibility index (Phi) is 7.51. The lowest BCUT2D eigenvalue weighted by atomic mass is 9.96. The Morgan fingerprint density at radius 1 is 1.28 bits per heavy atom. The van der Waals surface area contributed by atoms with Gasteiger partial charge in [0.1, 0.15) is 0 Å². The third kappa shape index (κ3) is 5.53. The molecule has 0 atom stereocenters. The highest BCUT2D eigenvalue weighted by Gasteiger charge is 2.15. The van der Waals surface area contributed by atoms with Crippen molar-refractivity contribution >= 4 is 17.2 Å². The van der Waals surface area contributed by atoms with E-state index >= 15 is 0 Å². The highest BCUT2D eigenvalue weighted by Crippen LogP contribution is 2.27. The summed E-state index contributed by atoms with van der Waals surface area (Å²) >= 11 is 0. The minimum atomic E-state index is -0.484. The van der Waals surface area contributed by atoms with Gasteiger partial charge >= 0.3 is 0 Å². The smallest absolute Gasteiger partial charge is 0.249 e. The molecule has 0 saturated carbocycles. The molecule has 0 fully saturated rings. The largest absolute Gasteiger partial charge is 0.385 e. The van der Waals surface area contributed by atoms with Crippen molar-refractivity contribution in [3.63, 3.8) is 0 Å². The Balaban J connectivity index is 3.39. The fourth-order valence-corrected chi connectivity index (χ4v) is 2.40. The molecule has 0 aromatic heterocycles. The van der Waals surface area contributed by atoms with Crippen LogP contribution in [-0.2, 0) is 6.54 Å². The van der Waals surface area contributed by atoms with Crippen molar-refractivity contribution in [3.05, 3.63) is 46.8 Å². The SMILES string of the molecule is CCN(C)/C(N)=C/C=C(\C)c1cc(NC(C)C)c(CN)c(C(N)=O)c1. The first-order valence-corrected chi connectivity index (χ1v) is 8.50. The zero-order valence-electron chi connectivity index (χ0n) is 15.9. The molecule has 25 heavy (non-hydrogen) atoms. The number of nitrogens with zero attached hydrogens (tertiary/aromatic N) is 1. The van der Waals surface area contributed by atoms with E-state index < -0.39 is 5.91 Å². The maximum absolute atomic E-state index is 11.9. The van der Waals surface area contributed by atoms with Gasteiger partial charge in [0, 0.05) is 43.0 Å². The van der Waals surface area contributed by atoms with Gasteiger partial charge in [-0.05, 0) is 57.0 Å². The number of nitrogens with two attached hydrogens (primary N) is 3. The molecular formula is C19H31N5O. The van der Waals surface area contributed by atoms with Crippen molar-refractivity contribution in [1.82, 2.24) is 4.90 Å². The normalized spacial score (nSPS) is 12.4. The molecule has 0 spiro atoms. The van der Waals surface area contributed by atoms with Gasteiger partial charge < -0.3 is 27.4 Å². The third-order valence-electron chi connectivity index (χ3n) is 4.04. The first-order chi connectivity index (χ1) is 11.7. The van der Waals surface area contributed by atoms with Gasteiger partial charge in [-0.15, -0.1) is 0 Å². The number of nitrogens with one attached hydrogen (secondary N) is 1. The van der Waals surface area contributed by atoms with Crippen LogP contribution in [0.1, 0.15) is 49.2 Å². The maximum atomic E-state index is 11.9. The lowest BCUT2D eigenvalue weighted by molar-refractivity contribution is 0.0999. The topological polar surface area (TPSA) is 110 Å². The molecule has 0 aliphatic rings. The molecule has 1 amide bonds. The summed E-state index contributed by atoms with van der Waals surface area (Å²) in [6.07, 6.45) is 3.79. The average Bonchev–Trinajstić information content (AvgIpc) is 2.57. The lowest BCUT2D eigenvalue weighted by Gasteiger charge is -2.19. The summed E-state index contributed by atoms with van der Waals surface area (Å²) in [5, 5.41) is 3.34. The fourth-order valence-electron chi connectivity index (χ4n) is 2.40. The molecule has 0 heterocycles. The van der Waals surface area contributed by atoms with Gasteiger partial charge in [0.15, 0.2) is 0 Å². The number of allylic oxidation sites excluding steroid dienone is 3. The lowest BCUT2D eigenvalue weighted by Crippen LogP contribution is -2.22. The Bertz CT molecular complexity index is 677. The second-order valence-electron chi connectivity index (χ2n) is 6.37. The number of hydrogen-bond donors (Lipinski definition) is 4. The number of hydrogen-bond acceptors (Lipinski definition) is 5. The molecular weight excluding hydrogens is 314 g/mol. The molecule has 7 N–H and O–H groups in total. The molecule has 1 rings (SSSR count). The standard InChI is InChI=1S/C19H31N5O/c1-6-24(5)18(21)8-7-13(4)14-9-15(19(22)25)16(11-20)17(10-14)23-12(2)3/h7-10,12,23H,6,11,20-21H2,1-5H3,(H2,22,25)/b13-7+,18-8+. The number of carbonyl (C=O) groups is 1. The van der Waals surface area contributed by atoms with Gasteiger partial charge in [-0.25, -0.2) is 0 Å². The van der Waals surface area contributed by atoms with Crippen LogP contribution in [0.2, 0.25) is 0 Å². The number of carbonyl (C=O) groups excluding carboxylic acids is 1. The van der Waals surface area contributed by atoms with Crippen LogP contribution in [0, 0.1) is 0 Å². The second kappa shape index (κ2) is 9.13. The summed E-state index contributed by atoms with van der Waals surface area (Å²) in [7, 11) is 1.93. The molecule has 0 radical (unpaired) electrons. The van der Waals surface area contributed by atoms with Crippen LogP contribution in [0.4, 0.5) is 5.69 Å². The quantitative estimate of drug-likeness (QED) is 0.540. The Morgan fingerprint density at radius 3 is 2.40 bits per heavy atom. The molecule has 1 aromatic carbocycles. The van der Waals surface area contributed by atoms with E-state index in [2.05, 4.69) is 5.32 Å². The van der Waals surface area contributed by atoms with E-state index in [1.807, 2.05) is 57.9 Å². The molecule has 6 heteroatoms. The molecule has 0 unspecified atom stereocenters. The molecule has 0 aliphatic carbocycles.